The van der Waals surface area contributed by atoms with Gasteiger partial charge in [0.05, 0.1) is 5.56 Å². The molecule has 0 heterocycles. The van der Waals surface area contributed by atoms with Crippen molar-refractivity contribution in [2.24, 2.45) is 0 Å². The lowest BCUT2D eigenvalue weighted by atomic mass is 10.1. The second-order valence-corrected chi connectivity index (χ2v) is 6.15. The van der Waals surface area contributed by atoms with E-state index in [0.717, 1.165) is 0 Å². The average Bonchev–Trinajstić information content (AvgIpc) is 2.35. The summed E-state index contributed by atoms with van der Waals surface area (Å²) >= 11 is 0. The summed E-state index contributed by atoms with van der Waals surface area (Å²) in [6.07, 6.45) is 0. The largest absolute Gasteiger partial charge is 0.480 e. The van der Waals surface area contributed by atoms with E-state index in [1.165, 1.54) is 11.0 Å². The number of carboxylic acid groups (broad SMARTS) is 2. The second kappa shape index (κ2) is 7.13. The van der Waals surface area contributed by atoms with Crippen LogP contribution in [0.4, 0.5) is 5.69 Å². The molecule has 0 bridgehead atoms. The highest BCUT2D eigenvalue weighted by Gasteiger charge is 2.21. The Morgan fingerprint density at radius 3 is 2.04 bits per heavy atom. The third-order valence-electron chi connectivity index (χ3n) is 2.84. The van der Waals surface area contributed by atoms with Crippen LogP contribution in [0, 0.1) is 6.92 Å². The zero-order chi connectivity index (χ0) is 17.8. The molecule has 0 unspecified atom stereocenters. The van der Waals surface area contributed by atoms with Gasteiger partial charge in [-0.05, 0) is 45.4 Å². The van der Waals surface area contributed by atoms with Crippen LogP contribution in [-0.4, -0.2) is 46.8 Å². The van der Waals surface area contributed by atoms with Gasteiger partial charge in [-0.3, -0.25) is 9.59 Å². The van der Waals surface area contributed by atoms with Crippen LogP contribution in [0.5, 0.6) is 0 Å². The Bertz CT molecular complexity index is 601. The summed E-state index contributed by atoms with van der Waals surface area (Å²) < 4.78 is 5.27. The van der Waals surface area contributed by atoms with Gasteiger partial charge in [0.2, 0.25) is 0 Å². The van der Waals surface area contributed by atoms with E-state index in [9.17, 15) is 14.4 Å². The molecule has 0 fully saturated rings. The molecule has 1 aromatic carbocycles. The van der Waals surface area contributed by atoms with E-state index in [-0.39, 0.29) is 5.56 Å². The minimum Gasteiger partial charge on any atom is -0.480 e. The Morgan fingerprint density at radius 2 is 1.61 bits per heavy atom. The third kappa shape index (κ3) is 5.98. The minimum absolute atomic E-state index is 0.237. The molecule has 2 N–H and O–H groups in total. The zero-order valence-electron chi connectivity index (χ0n) is 13.6. The molecular weight excluding hydrogens is 302 g/mol. The number of aryl methyl sites for hydroxylation is 1. The SMILES string of the molecule is Cc1ccc(C(=O)OC(C)(C)C)cc1N(CC(=O)O)CC(=O)O. The summed E-state index contributed by atoms with van der Waals surface area (Å²) in [4.78, 5) is 35.2. The number of carboxylic acids is 2. The minimum atomic E-state index is -1.16. The standard InChI is InChI=1S/C16H21NO6/c1-10-5-6-11(15(22)23-16(2,3)4)7-12(10)17(8-13(18)19)9-14(20)21/h5-7H,8-9H2,1-4H3,(H,18,19)(H,20,21). The van der Waals surface area contributed by atoms with Gasteiger partial charge in [0.1, 0.15) is 18.7 Å². The monoisotopic (exact) mass is 323 g/mol. The molecule has 0 spiro atoms. The topological polar surface area (TPSA) is 104 Å². The molecule has 0 radical (unpaired) electrons. The van der Waals surface area contributed by atoms with E-state index in [1.54, 1.807) is 39.8 Å². The molecule has 0 saturated heterocycles. The summed E-state index contributed by atoms with van der Waals surface area (Å²) in [6, 6.07) is 4.65. The van der Waals surface area contributed by atoms with Gasteiger partial charge in [0, 0.05) is 5.69 Å². The fourth-order valence-corrected chi connectivity index (χ4v) is 1.97. The van der Waals surface area contributed by atoms with Gasteiger partial charge in [0.25, 0.3) is 0 Å². The number of carbonyl (C=O) groups excluding carboxylic acids is 1. The van der Waals surface area contributed by atoms with Crippen molar-refractivity contribution in [1.82, 2.24) is 0 Å². The number of hydrogen-bond acceptors (Lipinski definition) is 5. The second-order valence-electron chi connectivity index (χ2n) is 6.15. The molecule has 0 amide bonds. The Balaban J connectivity index is 3.18. The first-order valence-electron chi connectivity index (χ1n) is 7.02. The van der Waals surface area contributed by atoms with Crippen molar-refractivity contribution in [3.8, 4) is 0 Å². The summed E-state index contributed by atoms with van der Waals surface area (Å²) in [7, 11) is 0. The Kier molecular flexibility index (Phi) is 5.73. The van der Waals surface area contributed by atoms with Crippen LogP contribution in [-0.2, 0) is 14.3 Å². The van der Waals surface area contributed by atoms with Crippen molar-refractivity contribution in [1.29, 1.82) is 0 Å². The number of hydrogen-bond donors (Lipinski definition) is 2. The normalized spacial score (nSPS) is 11.0. The molecule has 0 aliphatic rings. The molecule has 1 aromatic rings. The average molecular weight is 323 g/mol. The maximum atomic E-state index is 12.1. The van der Waals surface area contributed by atoms with Gasteiger partial charge in [-0.1, -0.05) is 6.07 Å². The molecule has 0 aliphatic carbocycles. The Labute approximate surface area is 134 Å². The van der Waals surface area contributed by atoms with Crippen LogP contribution in [0.3, 0.4) is 0 Å². The first-order chi connectivity index (χ1) is 10.5. The van der Waals surface area contributed by atoms with Crippen LogP contribution < -0.4 is 4.90 Å². The number of esters is 1. The van der Waals surface area contributed by atoms with E-state index in [4.69, 9.17) is 14.9 Å². The third-order valence-corrected chi connectivity index (χ3v) is 2.84. The molecule has 126 valence electrons. The predicted molar refractivity (Wildman–Crippen MR) is 83.8 cm³/mol. The van der Waals surface area contributed by atoms with Crippen molar-refractivity contribution in [3.05, 3.63) is 29.3 Å². The molecule has 0 aromatic heterocycles. The molecule has 0 saturated carbocycles. The first kappa shape index (κ1) is 18.5. The predicted octanol–water partition coefficient (Wildman–Crippen LogP) is 1.93. The van der Waals surface area contributed by atoms with E-state index in [1.807, 2.05) is 0 Å². The highest BCUT2D eigenvalue weighted by molar-refractivity contribution is 5.92. The van der Waals surface area contributed by atoms with Crippen molar-refractivity contribution >= 4 is 23.6 Å². The van der Waals surface area contributed by atoms with Crippen LogP contribution in [0.25, 0.3) is 0 Å². The summed E-state index contributed by atoms with van der Waals surface area (Å²) in [5.41, 5.74) is 0.614. The van der Waals surface area contributed by atoms with Crippen molar-refractivity contribution < 1.29 is 29.3 Å². The van der Waals surface area contributed by atoms with E-state index >= 15 is 0 Å². The highest BCUT2D eigenvalue weighted by Crippen LogP contribution is 2.23. The fraction of sp³-hybridized carbons (Fsp3) is 0.438. The molecular formula is C16H21NO6. The molecule has 23 heavy (non-hydrogen) atoms. The number of rotatable bonds is 6. The number of aliphatic carboxylic acids is 2. The Morgan fingerprint density at radius 1 is 1.09 bits per heavy atom. The summed E-state index contributed by atoms with van der Waals surface area (Å²) in [5, 5.41) is 17.9. The summed E-state index contributed by atoms with van der Waals surface area (Å²) in [5.74, 6) is -2.87. The van der Waals surface area contributed by atoms with Gasteiger partial charge >= 0.3 is 17.9 Å². The zero-order valence-corrected chi connectivity index (χ0v) is 13.6. The molecule has 0 atom stereocenters. The van der Waals surface area contributed by atoms with Gasteiger partial charge < -0.3 is 19.8 Å². The van der Waals surface area contributed by atoms with E-state index in [2.05, 4.69) is 0 Å². The summed E-state index contributed by atoms with van der Waals surface area (Å²) in [6.45, 7) is 5.96. The maximum Gasteiger partial charge on any atom is 0.338 e. The smallest absolute Gasteiger partial charge is 0.338 e. The molecule has 0 aliphatic heterocycles. The number of benzene rings is 1. The Hall–Kier alpha value is -2.57. The number of carbonyl (C=O) groups is 3. The molecule has 1 rings (SSSR count). The maximum absolute atomic E-state index is 12.1. The lowest BCUT2D eigenvalue weighted by Crippen LogP contribution is -2.35. The van der Waals surface area contributed by atoms with Crippen LogP contribution in [0.15, 0.2) is 18.2 Å². The van der Waals surface area contributed by atoms with E-state index < -0.39 is 36.6 Å². The fourth-order valence-electron chi connectivity index (χ4n) is 1.97. The van der Waals surface area contributed by atoms with Crippen LogP contribution in [0.2, 0.25) is 0 Å². The van der Waals surface area contributed by atoms with Crippen molar-refractivity contribution in [3.63, 3.8) is 0 Å². The number of ether oxygens (including phenoxy) is 1. The van der Waals surface area contributed by atoms with Gasteiger partial charge in [-0.25, -0.2) is 4.79 Å². The molecule has 7 heteroatoms. The van der Waals surface area contributed by atoms with Crippen LogP contribution >= 0.6 is 0 Å². The first-order valence-corrected chi connectivity index (χ1v) is 7.02. The van der Waals surface area contributed by atoms with Gasteiger partial charge in [-0.2, -0.15) is 0 Å². The van der Waals surface area contributed by atoms with Gasteiger partial charge in [-0.15, -0.1) is 0 Å². The lowest BCUT2D eigenvalue weighted by Gasteiger charge is -2.24. The molecule has 7 nitrogen and oxygen atoms in total. The van der Waals surface area contributed by atoms with Gasteiger partial charge in [0.15, 0.2) is 0 Å². The lowest BCUT2D eigenvalue weighted by molar-refractivity contribution is -0.136. The van der Waals surface area contributed by atoms with Crippen molar-refractivity contribution in [2.75, 3.05) is 18.0 Å². The van der Waals surface area contributed by atoms with Crippen LogP contribution in [0.1, 0.15) is 36.7 Å². The number of anilines is 1. The quantitative estimate of drug-likeness (QED) is 0.771. The number of nitrogens with zero attached hydrogens (tertiary/aromatic N) is 1. The van der Waals surface area contributed by atoms with E-state index in [0.29, 0.717) is 11.3 Å². The highest BCUT2D eigenvalue weighted by atomic mass is 16.6. The van der Waals surface area contributed by atoms with Crippen molar-refractivity contribution in [2.45, 2.75) is 33.3 Å².